The molecule has 20 heavy (non-hydrogen) atoms. The number of benzene rings is 1. The standard InChI is InChI=1S/C14H21N3O3/c1-20-7-3-6-16-13(18)14(19)17-10-12-5-2-4-11(8-12)9-15/h2,4-5,8H,3,6-7,9-10,15H2,1H3,(H,16,18)(H,17,19). The Kier molecular flexibility index (Phi) is 7.31. The molecule has 0 aliphatic rings. The van der Waals surface area contributed by atoms with Crippen molar-refractivity contribution in [1.29, 1.82) is 0 Å². The summed E-state index contributed by atoms with van der Waals surface area (Å²) in [4.78, 5) is 23.0. The normalized spacial score (nSPS) is 10.1. The van der Waals surface area contributed by atoms with Crippen LogP contribution in [0.25, 0.3) is 0 Å². The third kappa shape index (κ3) is 5.81. The number of amides is 2. The van der Waals surface area contributed by atoms with Crippen LogP contribution < -0.4 is 16.4 Å². The van der Waals surface area contributed by atoms with Crippen LogP contribution >= 0.6 is 0 Å². The first-order chi connectivity index (χ1) is 9.67. The number of ether oxygens (including phenoxy) is 1. The van der Waals surface area contributed by atoms with Gasteiger partial charge in [0.05, 0.1) is 0 Å². The fourth-order valence-corrected chi connectivity index (χ4v) is 1.63. The topological polar surface area (TPSA) is 93.4 Å². The van der Waals surface area contributed by atoms with Gasteiger partial charge in [0.1, 0.15) is 0 Å². The van der Waals surface area contributed by atoms with E-state index in [2.05, 4.69) is 10.6 Å². The largest absolute Gasteiger partial charge is 0.385 e. The lowest BCUT2D eigenvalue weighted by Gasteiger charge is -2.07. The van der Waals surface area contributed by atoms with E-state index in [0.717, 1.165) is 11.1 Å². The number of nitrogens with two attached hydrogens (primary N) is 1. The molecule has 1 aromatic rings. The number of carbonyl (C=O) groups is 2. The molecule has 6 heteroatoms. The van der Waals surface area contributed by atoms with Crippen LogP contribution in [-0.4, -0.2) is 32.1 Å². The van der Waals surface area contributed by atoms with Crippen LogP contribution in [0.5, 0.6) is 0 Å². The van der Waals surface area contributed by atoms with E-state index in [0.29, 0.717) is 32.7 Å². The molecule has 4 N–H and O–H groups in total. The molecule has 0 radical (unpaired) electrons. The summed E-state index contributed by atoms with van der Waals surface area (Å²) < 4.78 is 4.85. The molecule has 0 bridgehead atoms. The highest BCUT2D eigenvalue weighted by molar-refractivity contribution is 6.35. The lowest BCUT2D eigenvalue weighted by Crippen LogP contribution is -2.40. The van der Waals surface area contributed by atoms with Gasteiger partial charge in [-0.1, -0.05) is 24.3 Å². The van der Waals surface area contributed by atoms with Gasteiger partial charge in [-0.05, 0) is 17.5 Å². The molecule has 1 aromatic carbocycles. The monoisotopic (exact) mass is 279 g/mol. The average molecular weight is 279 g/mol. The molecule has 2 amide bonds. The number of hydrogen-bond acceptors (Lipinski definition) is 4. The van der Waals surface area contributed by atoms with Crippen LogP contribution in [-0.2, 0) is 27.4 Å². The number of carbonyl (C=O) groups excluding carboxylic acids is 2. The Morgan fingerprint density at radius 1 is 1.20 bits per heavy atom. The lowest BCUT2D eigenvalue weighted by atomic mass is 10.1. The summed E-state index contributed by atoms with van der Waals surface area (Å²) in [5.41, 5.74) is 7.44. The van der Waals surface area contributed by atoms with E-state index < -0.39 is 11.8 Å². The summed E-state index contributed by atoms with van der Waals surface area (Å²) in [7, 11) is 1.59. The SMILES string of the molecule is COCCCNC(=O)C(=O)NCc1cccc(CN)c1. The summed E-state index contributed by atoms with van der Waals surface area (Å²) in [6.45, 7) is 1.72. The van der Waals surface area contributed by atoms with Crippen molar-refractivity contribution in [3.8, 4) is 0 Å². The van der Waals surface area contributed by atoms with E-state index in [1.54, 1.807) is 7.11 Å². The fourth-order valence-electron chi connectivity index (χ4n) is 1.63. The van der Waals surface area contributed by atoms with Crippen molar-refractivity contribution in [3.05, 3.63) is 35.4 Å². The van der Waals surface area contributed by atoms with Gasteiger partial charge in [-0.25, -0.2) is 0 Å². The third-order valence-electron chi connectivity index (χ3n) is 2.70. The maximum atomic E-state index is 11.6. The Balaban J connectivity index is 2.32. The minimum atomic E-state index is -0.638. The molecule has 0 aliphatic carbocycles. The second-order valence-corrected chi connectivity index (χ2v) is 4.31. The number of methoxy groups -OCH3 is 1. The van der Waals surface area contributed by atoms with Crippen molar-refractivity contribution in [1.82, 2.24) is 10.6 Å². The Labute approximate surface area is 118 Å². The van der Waals surface area contributed by atoms with Crippen LogP contribution in [0.3, 0.4) is 0 Å². The van der Waals surface area contributed by atoms with Gasteiger partial charge >= 0.3 is 11.8 Å². The van der Waals surface area contributed by atoms with Gasteiger partial charge in [-0.3, -0.25) is 9.59 Å². The quantitative estimate of drug-likeness (QED) is 0.480. The van der Waals surface area contributed by atoms with E-state index >= 15 is 0 Å². The predicted octanol–water partition coefficient (Wildman–Crippen LogP) is -0.0858. The zero-order valence-corrected chi connectivity index (χ0v) is 11.6. The van der Waals surface area contributed by atoms with Crippen molar-refractivity contribution in [2.75, 3.05) is 20.3 Å². The molecule has 0 aromatic heterocycles. The van der Waals surface area contributed by atoms with Crippen molar-refractivity contribution in [2.24, 2.45) is 5.73 Å². The van der Waals surface area contributed by atoms with E-state index in [-0.39, 0.29) is 0 Å². The molecule has 0 saturated heterocycles. The molecule has 6 nitrogen and oxygen atoms in total. The molecule has 0 heterocycles. The van der Waals surface area contributed by atoms with E-state index in [9.17, 15) is 9.59 Å². The highest BCUT2D eigenvalue weighted by Crippen LogP contribution is 2.03. The molecule has 0 atom stereocenters. The second kappa shape index (κ2) is 9.06. The molecule has 110 valence electrons. The second-order valence-electron chi connectivity index (χ2n) is 4.31. The summed E-state index contributed by atoms with van der Waals surface area (Å²) in [6, 6.07) is 7.55. The minimum Gasteiger partial charge on any atom is -0.385 e. The van der Waals surface area contributed by atoms with E-state index in [1.807, 2.05) is 24.3 Å². The highest BCUT2D eigenvalue weighted by Gasteiger charge is 2.11. The molecule has 0 spiro atoms. The maximum absolute atomic E-state index is 11.6. The highest BCUT2D eigenvalue weighted by atomic mass is 16.5. The summed E-state index contributed by atoms with van der Waals surface area (Å²) >= 11 is 0. The Morgan fingerprint density at radius 2 is 1.90 bits per heavy atom. The molecule has 1 rings (SSSR count). The molecule has 0 aliphatic heterocycles. The first-order valence-electron chi connectivity index (χ1n) is 6.50. The molecule has 0 saturated carbocycles. The fraction of sp³-hybridized carbons (Fsp3) is 0.429. The van der Waals surface area contributed by atoms with Crippen molar-refractivity contribution < 1.29 is 14.3 Å². The van der Waals surface area contributed by atoms with Gasteiger partial charge in [-0.2, -0.15) is 0 Å². The van der Waals surface area contributed by atoms with E-state index in [4.69, 9.17) is 10.5 Å². The van der Waals surface area contributed by atoms with Crippen LogP contribution in [0.2, 0.25) is 0 Å². The van der Waals surface area contributed by atoms with Crippen molar-refractivity contribution >= 4 is 11.8 Å². The summed E-state index contributed by atoms with van der Waals surface area (Å²) in [5, 5.41) is 5.09. The molecular weight excluding hydrogens is 258 g/mol. The first-order valence-corrected chi connectivity index (χ1v) is 6.50. The van der Waals surface area contributed by atoms with Crippen LogP contribution in [0.1, 0.15) is 17.5 Å². The summed E-state index contributed by atoms with van der Waals surface area (Å²) in [6.07, 6.45) is 0.675. The predicted molar refractivity (Wildman–Crippen MR) is 75.7 cm³/mol. The van der Waals surface area contributed by atoms with Crippen molar-refractivity contribution in [3.63, 3.8) is 0 Å². The zero-order chi connectivity index (χ0) is 14.8. The number of rotatable bonds is 7. The zero-order valence-electron chi connectivity index (χ0n) is 11.6. The summed E-state index contributed by atoms with van der Waals surface area (Å²) in [5.74, 6) is -1.27. The smallest absolute Gasteiger partial charge is 0.309 e. The average Bonchev–Trinajstić information content (AvgIpc) is 2.49. The van der Waals surface area contributed by atoms with Crippen molar-refractivity contribution in [2.45, 2.75) is 19.5 Å². The van der Waals surface area contributed by atoms with Gasteiger partial charge in [0.2, 0.25) is 0 Å². The molecule has 0 unspecified atom stereocenters. The van der Waals surface area contributed by atoms with Crippen LogP contribution in [0.4, 0.5) is 0 Å². The number of hydrogen-bond donors (Lipinski definition) is 3. The van der Waals surface area contributed by atoms with Gasteiger partial charge < -0.3 is 21.1 Å². The minimum absolute atomic E-state index is 0.304. The van der Waals surface area contributed by atoms with Gasteiger partial charge in [0.25, 0.3) is 0 Å². The number of nitrogens with one attached hydrogen (secondary N) is 2. The Hall–Kier alpha value is -1.92. The third-order valence-corrected chi connectivity index (χ3v) is 2.70. The van der Waals surface area contributed by atoms with Crippen LogP contribution in [0, 0.1) is 0 Å². The lowest BCUT2D eigenvalue weighted by molar-refractivity contribution is -0.139. The van der Waals surface area contributed by atoms with Gasteiger partial charge in [0.15, 0.2) is 0 Å². The Morgan fingerprint density at radius 3 is 2.60 bits per heavy atom. The maximum Gasteiger partial charge on any atom is 0.309 e. The van der Waals surface area contributed by atoms with Crippen LogP contribution in [0.15, 0.2) is 24.3 Å². The Bertz CT molecular complexity index is 449. The first kappa shape index (κ1) is 16.1. The molecule has 0 fully saturated rings. The van der Waals surface area contributed by atoms with Gasteiger partial charge in [-0.15, -0.1) is 0 Å². The molecular formula is C14H21N3O3. The van der Waals surface area contributed by atoms with E-state index in [1.165, 1.54) is 0 Å². The van der Waals surface area contributed by atoms with Gasteiger partial charge in [0, 0.05) is 33.4 Å².